The van der Waals surface area contributed by atoms with Gasteiger partial charge in [-0.3, -0.25) is 5.10 Å². The summed E-state index contributed by atoms with van der Waals surface area (Å²) in [5, 5.41) is 14.9. The Hall–Kier alpha value is -1.46. The third-order valence-electron chi connectivity index (χ3n) is 5.26. The Balaban J connectivity index is 1.93. The van der Waals surface area contributed by atoms with Crippen molar-refractivity contribution in [3.8, 4) is 0 Å². The van der Waals surface area contributed by atoms with Crippen molar-refractivity contribution in [2.75, 3.05) is 19.7 Å². The molecule has 1 aromatic heterocycles. The molecule has 0 amide bonds. The van der Waals surface area contributed by atoms with Crippen LogP contribution in [0.1, 0.15) is 31.7 Å². The number of H-pyrrole nitrogens is 1. The van der Waals surface area contributed by atoms with Gasteiger partial charge in [0.2, 0.25) is 0 Å². The summed E-state index contributed by atoms with van der Waals surface area (Å²) in [6.45, 7) is 4.90. The molecule has 21 heavy (non-hydrogen) atoms. The van der Waals surface area contributed by atoms with E-state index in [4.69, 9.17) is 4.74 Å². The smallest absolute Gasteiger partial charge is 0.119 e. The van der Waals surface area contributed by atoms with Crippen molar-refractivity contribution in [1.29, 1.82) is 0 Å². The second kappa shape index (κ2) is 5.07. The molecule has 2 heterocycles. The zero-order chi connectivity index (χ0) is 14.3. The molecule has 2 fully saturated rings. The van der Waals surface area contributed by atoms with E-state index < -0.39 is 0 Å². The predicted octanol–water partition coefficient (Wildman–Crippen LogP) is 2.21. The van der Waals surface area contributed by atoms with Crippen LogP contribution in [0.5, 0.6) is 0 Å². The lowest BCUT2D eigenvalue weighted by Gasteiger charge is -2.53. The first kappa shape index (κ1) is 13.2. The molecule has 2 bridgehead atoms. The maximum absolute atomic E-state index is 6.48. The summed E-state index contributed by atoms with van der Waals surface area (Å²) in [7, 11) is 0. The van der Waals surface area contributed by atoms with E-state index in [9.17, 15) is 0 Å². The molecule has 4 rings (SSSR count). The molecule has 5 heteroatoms. The minimum absolute atomic E-state index is 0.200. The van der Waals surface area contributed by atoms with Crippen LogP contribution < -0.4 is 5.32 Å². The standard InChI is InChI=1S/C16H22N4O/c1-2-21-16(11-5-3-6-12(16)10-17-9-11)13-7-4-8-14-15(13)19-20-18-14/h4,7-8,11-12,17H,2-3,5-6,9-10H2,1H3,(H,18,19,20). The van der Waals surface area contributed by atoms with Gasteiger partial charge in [-0.15, -0.1) is 5.10 Å². The Morgan fingerprint density at radius 3 is 2.86 bits per heavy atom. The molecule has 2 atom stereocenters. The van der Waals surface area contributed by atoms with Gasteiger partial charge in [0, 0.05) is 37.1 Å². The number of piperidine rings is 1. The summed E-state index contributed by atoms with van der Waals surface area (Å²) in [4.78, 5) is 0. The molecular formula is C16H22N4O. The molecule has 2 N–H and O–H groups in total. The molecule has 112 valence electrons. The molecule has 2 aromatic rings. The van der Waals surface area contributed by atoms with Gasteiger partial charge < -0.3 is 10.1 Å². The van der Waals surface area contributed by atoms with E-state index in [1.807, 2.05) is 6.07 Å². The van der Waals surface area contributed by atoms with Crippen LogP contribution in [0.15, 0.2) is 18.2 Å². The lowest BCUT2D eigenvalue weighted by atomic mass is 9.62. The van der Waals surface area contributed by atoms with Crippen molar-refractivity contribution in [3.05, 3.63) is 23.8 Å². The summed E-state index contributed by atoms with van der Waals surface area (Å²) in [6.07, 6.45) is 3.75. The Kier molecular flexibility index (Phi) is 3.19. The van der Waals surface area contributed by atoms with Gasteiger partial charge in [0.1, 0.15) is 11.1 Å². The quantitative estimate of drug-likeness (QED) is 0.908. The monoisotopic (exact) mass is 286 g/mol. The van der Waals surface area contributed by atoms with Crippen LogP contribution in [-0.2, 0) is 10.3 Å². The number of nitrogens with zero attached hydrogens (tertiary/aromatic N) is 2. The summed E-state index contributed by atoms with van der Waals surface area (Å²) >= 11 is 0. The maximum atomic E-state index is 6.48. The highest BCUT2D eigenvalue weighted by atomic mass is 16.5. The SMILES string of the molecule is CCOC1(c2cccc3[nH]nnc23)C2CCCC1CNC2. The van der Waals surface area contributed by atoms with Crippen LogP contribution >= 0.6 is 0 Å². The van der Waals surface area contributed by atoms with Gasteiger partial charge in [-0.05, 0) is 25.8 Å². The van der Waals surface area contributed by atoms with Crippen molar-refractivity contribution < 1.29 is 4.74 Å². The molecule has 2 aliphatic rings. The van der Waals surface area contributed by atoms with E-state index in [1.54, 1.807) is 0 Å². The zero-order valence-electron chi connectivity index (χ0n) is 12.4. The lowest BCUT2D eigenvalue weighted by molar-refractivity contribution is -0.160. The number of benzene rings is 1. The van der Waals surface area contributed by atoms with Crippen LogP contribution in [0.4, 0.5) is 0 Å². The summed E-state index contributed by atoms with van der Waals surface area (Å²) in [5.74, 6) is 1.04. The molecule has 2 unspecified atom stereocenters. The summed E-state index contributed by atoms with van der Waals surface area (Å²) < 4.78 is 6.48. The Morgan fingerprint density at radius 2 is 2.10 bits per heavy atom. The normalized spacial score (nSPS) is 32.4. The fraction of sp³-hybridized carbons (Fsp3) is 0.625. The predicted molar refractivity (Wildman–Crippen MR) is 80.9 cm³/mol. The highest BCUT2D eigenvalue weighted by Crippen LogP contribution is 2.51. The first-order valence-corrected chi connectivity index (χ1v) is 8.01. The molecule has 1 aliphatic carbocycles. The minimum atomic E-state index is -0.200. The number of hydrogen-bond donors (Lipinski definition) is 2. The molecule has 5 nitrogen and oxygen atoms in total. The molecule has 1 aromatic carbocycles. The van der Waals surface area contributed by atoms with E-state index in [1.165, 1.54) is 24.8 Å². The topological polar surface area (TPSA) is 62.8 Å². The van der Waals surface area contributed by atoms with Crippen molar-refractivity contribution in [3.63, 3.8) is 0 Å². The van der Waals surface area contributed by atoms with E-state index >= 15 is 0 Å². The van der Waals surface area contributed by atoms with Crippen molar-refractivity contribution in [2.45, 2.75) is 31.8 Å². The highest BCUT2D eigenvalue weighted by Gasteiger charge is 2.52. The number of aromatic amines is 1. The van der Waals surface area contributed by atoms with E-state index in [-0.39, 0.29) is 5.60 Å². The van der Waals surface area contributed by atoms with Crippen LogP contribution in [0.3, 0.4) is 0 Å². The molecule has 0 radical (unpaired) electrons. The average Bonchev–Trinajstić information content (AvgIpc) is 2.95. The Labute approximate surface area is 124 Å². The number of rotatable bonds is 3. The van der Waals surface area contributed by atoms with Crippen LogP contribution in [0, 0.1) is 11.8 Å². The van der Waals surface area contributed by atoms with Gasteiger partial charge in [-0.25, -0.2) is 0 Å². The van der Waals surface area contributed by atoms with Crippen LogP contribution in [0.2, 0.25) is 0 Å². The maximum Gasteiger partial charge on any atom is 0.119 e. The molecule has 1 aliphatic heterocycles. The fourth-order valence-corrected chi connectivity index (χ4v) is 4.49. The number of hydrogen-bond acceptors (Lipinski definition) is 4. The van der Waals surface area contributed by atoms with Crippen molar-refractivity contribution >= 4 is 11.0 Å². The number of ether oxygens (including phenoxy) is 1. The molecule has 0 spiro atoms. The largest absolute Gasteiger partial charge is 0.370 e. The molecular weight excluding hydrogens is 264 g/mol. The van der Waals surface area contributed by atoms with Gasteiger partial charge in [-0.1, -0.05) is 23.8 Å². The molecule has 1 saturated heterocycles. The van der Waals surface area contributed by atoms with Gasteiger partial charge in [0.15, 0.2) is 0 Å². The van der Waals surface area contributed by atoms with Crippen molar-refractivity contribution in [2.24, 2.45) is 11.8 Å². The third-order valence-corrected chi connectivity index (χ3v) is 5.26. The first-order chi connectivity index (χ1) is 10.4. The second-order valence-electron chi connectivity index (χ2n) is 6.22. The number of fused-ring (bicyclic) bond motifs is 3. The van der Waals surface area contributed by atoms with Gasteiger partial charge in [0.25, 0.3) is 0 Å². The zero-order valence-corrected chi connectivity index (χ0v) is 12.4. The third kappa shape index (κ3) is 1.84. The highest BCUT2D eigenvalue weighted by molar-refractivity contribution is 5.78. The van der Waals surface area contributed by atoms with Crippen LogP contribution in [0.25, 0.3) is 11.0 Å². The van der Waals surface area contributed by atoms with Gasteiger partial charge in [0.05, 0.1) is 5.52 Å². The van der Waals surface area contributed by atoms with Gasteiger partial charge in [-0.2, -0.15) is 0 Å². The van der Waals surface area contributed by atoms with E-state index in [2.05, 4.69) is 39.8 Å². The van der Waals surface area contributed by atoms with Crippen LogP contribution in [-0.4, -0.2) is 35.1 Å². The number of aromatic nitrogens is 3. The average molecular weight is 286 g/mol. The van der Waals surface area contributed by atoms with E-state index in [0.717, 1.165) is 30.7 Å². The number of nitrogens with one attached hydrogen (secondary N) is 2. The second-order valence-corrected chi connectivity index (χ2v) is 6.22. The van der Waals surface area contributed by atoms with Gasteiger partial charge >= 0.3 is 0 Å². The molecule has 1 saturated carbocycles. The summed E-state index contributed by atoms with van der Waals surface area (Å²) in [6, 6.07) is 6.32. The first-order valence-electron chi connectivity index (χ1n) is 8.01. The minimum Gasteiger partial charge on any atom is -0.370 e. The van der Waals surface area contributed by atoms with Crippen molar-refractivity contribution in [1.82, 2.24) is 20.7 Å². The fourth-order valence-electron chi connectivity index (χ4n) is 4.49. The lowest BCUT2D eigenvalue weighted by Crippen LogP contribution is -2.58. The Morgan fingerprint density at radius 1 is 1.29 bits per heavy atom. The Bertz CT molecular complexity index is 616. The van der Waals surface area contributed by atoms with E-state index in [0.29, 0.717) is 11.8 Å². The summed E-state index contributed by atoms with van der Waals surface area (Å²) in [5.41, 5.74) is 3.01.